The number of halogens is 1. The molecule has 0 aliphatic rings. The molecule has 96 valence electrons. The van der Waals surface area contributed by atoms with Crippen molar-refractivity contribution in [3.63, 3.8) is 0 Å². The van der Waals surface area contributed by atoms with Gasteiger partial charge in [0.15, 0.2) is 0 Å². The van der Waals surface area contributed by atoms with Crippen LogP contribution in [0.1, 0.15) is 21.6 Å². The molecule has 19 heavy (non-hydrogen) atoms. The first-order valence-electron chi connectivity index (χ1n) is 5.52. The van der Waals surface area contributed by atoms with Gasteiger partial charge < -0.3 is 5.32 Å². The Kier molecular flexibility index (Phi) is 3.29. The largest absolute Gasteiger partial charge is 0.321 e. The van der Waals surface area contributed by atoms with E-state index in [1.54, 1.807) is 18.7 Å². The first-order valence-corrected chi connectivity index (χ1v) is 5.52. The Morgan fingerprint density at radius 1 is 1.53 bits per heavy atom. The van der Waals surface area contributed by atoms with Crippen molar-refractivity contribution in [1.29, 1.82) is 5.26 Å². The van der Waals surface area contributed by atoms with Crippen molar-refractivity contribution in [3.8, 4) is 6.07 Å². The maximum Gasteiger partial charge on any atom is 0.259 e. The van der Waals surface area contributed by atoms with Gasteiger partial charge in [-0.25, -0.2) is 4.39 Å². The van der Waals surface area contributed by atoms with Gasteiger partial charge in [0.1, 0.15) is 11.9 Å². The normalized spacial score (nSPS) is 10.0. The number of amides is 1. The number of carbonyl (C=O) groups is 1. The van der Waals surface area contributed by atoms with Crippen LogP contribution < -0.4 is 5.32 Å². The summed E-state index contributed by atoms with van der Waals surface area (Å²) in [6.45, 7) is 1.76. The molecule has 0 fully saturated rings. The zero-order valence-electron chi connectivity index (χ0n) is 10.4. The number of nitrogens with zero attached hydrogens (tertiary/aromatic N) is 3. The SMILES string of the molecule is Cc1c(C(=O)Nc2ccc(F)cc2C#N)cnn1C. The van der Waals surface area contributed by atoms with E-state index < -0.39 is 5.82 Å². The van der Waals surface area contributed by atoms with Gasteiger partial charge >= 0.3 is 0 Å². The van der Waals surface area contributed by atoms with Crippen LogP contribution in [0.15, 0.2) is 24.4 Å². The van der Waals surface area contributed by atoms with E-state index >= 15 is 0 Å². The van der Waals surface area contributed by atoms with Crippen LogP contribution in [0.3, 0.4) is 0 Å². The Hall–Kier alpha value is -2.68. The maximum absolute atomic E-state index is 13.0. The van der Waals surface area contributed by atoms with Gasteiger partial charge in [-0.05, 0) is 25.1 Å². The van der Waals surface area contributed by atoms with Crippen LogP contribution in [0, 0.1) is 24.1 Å². The highest BCUT2D eigenvalue weighted by molar-refractivity contribution is 6.05. The van der Waals surface area contributed by atoms with Crippen LogP contribution in [-0.4, -0.2) is 15.7 Å². The van der Waals surface area contributed by atoms with Crippen molar-refractivity contribution in [1.82, 2.24) is 9.78 Å². The average molecular weight is 258 g/mol. The molecule has 1 aromatic heterocycles. The van der Waals surface area contributed by atoms with E-state index in [-0.39, 0.29) is 17.2 Å². The summed E-state index contributed by atoms with van der Waals surface area (Å²) in [5, 5.41) is 15.4. The summed E-state index contributed by atoms with van der Waals surface area (Å²) >= 11 is 0. The second-order valence-corrected chi connectivity index (χ2v) is 4.02. The van der Waals surface area contributed by atoms with Gasteiger partial charge in [-0.1, -0.05) is 0 Å². The van der Waals surface area contributed by atoms with Crippen molar-refractivity contribution in [2.24, 2.45) is 7.05 Å². The maximum atomic E-state index is 13.0. The first kappa shape index (κ1) is 12.8. The first-order chi connectivity index (χ1) is 9.02. The summed E-state index contributed by atoms with van der Waals surface area (Å²) in [4.78, 5) is 12.0. The van der Waals surface area contributed by atoms with Crippen LogP contribution in [-0.2, 0) is 7.05 Å². The van der Waals surface area contributed by atoms with E-state index in [0.29, 0.717) is 11.3 Å². The molecule has 1 aromatic carbocycles. The van der Waals surface area contributed by atoms with Gasteiger partial charge in [0.05, 0.1) is 23.0 Å². The zero-order valence-corrected chi connectivity index (χ0v) is 10.4. The van der Waals surface area contributed by atoms with Crippen molar-refractivity contribution >= 4 is 11.6 Å². The number of anilines is 1. The third-order valence-electron chi connectivity index (χ3n) is 2.83. The molecular weight excluding hydrogens is 247 g/mol. The molecule has 6 heteroatoms. The summed E-state index contributed by atoms with van der Waals surface area (Å²) in [7, 11) is 1.73. The Balaban J connectivity index is 2.30. The number of rotatable bonds is 2. The van der Waals surface area contributed by atoms with Gasteiger partial charge in [0.25, 0.3) is 5.91 Å². The lowest BCUT2D eigenvalue weighted by atomic mass is 10.1. The highest BCUT2D eigenvalue weighted by atomic mass is 19.1. The van der Waals surface area contributed by atoms with Gasteiger partial charge in [-0.2, -0.15) is 10.4 Å². The van der Waals surface area contributed by atoms with E-state index in [1.807, 2.05) is 6.07 Å². The van der Waals surface area contributed by atoms with Crippen molar-refractivity contribution in [2.75, 3.05) is 5.32 Å². The molecule has 5 nitrogen and oxygen atoms in total. The number of aromatic nitrogens is 2. The molecule has 1 heterocycles. The Bertz CT molecular complexity index is 684. The quantitative estimate of drug-likeness (QED) is 0.895. The molecule has 1 N–H and O–H groups in total. The van der Waals surface area contributed by atoms with Crippen LogP contribution in [0.5, 0.6) is 0 Å². The zero-order chi connectivity index (χ0) is 14.0. The van der Waals surface area contributed by atoms with Gasteiger partial charge in [-0.15, -0.1) is 0 Å². The molecule has 0 bridgehead atoms. The molecule has 2 rings (SSSR count). The third-order valence-corrected chi connectivity index (χ3v) is 2.83. The predicted molar refractivity (Wildman–Crippen MR) is 67.0 cm³/mol. The van der Waals surface area contributed by atoms with Crippen molar-refractivity contribution in [3.05, 3.63) is 47.0 Å². The minimum atomic E-state index is -0.521. The smallest absolute Gasteiger partial charge is 0.259 e. The second kappa shape index (κ2) is 4.90. The molecule has 0 aliphatic carbocycles. The lowest BCUT2D eigenvalue weighted by Crippen LogP contribution is -2.14. The topological polar surface area (TPSA) is 70.7 Å². The molecule has 0 unspecified atom stereocenters. The summed E-state index contributed by atoms with van der Waals surface area (Å²) < 4.78 is 14.6. The summed E-state index contributed by atoms with van der Waals surface area (Å²) in [5.74, 6) is -0.902. The number of hydrogen-bond acceptors (Lipinski definition) is 3. The van der Waals surface area contributed by atoms with Gasteiger partial charge in [0.2, 0.25) is 0 Å². The van der Waals surface area contributed by atoms with Crippen LogP contribution >= 0.6 is 0 Å². The number of carbonyl (C=O) groups excluding carboxylic acids is 1. The molecule has 0 aliphatic heterocycles. The van der Waals surface area contributed by atoms with E-state index in [0.717, 1.165) is 6.07 Å². The second-order valence-electron chi connectivity index (χ2n) is 4.02. The monoisotopic (exact) mass is 258 g/mol. The highest BCUT2D eigenvalue weighted by Crippen LogP contribution is 2.17. The molecule has 0 atom stereocenters. The van der Waals surface area contributed by atoms with Crippen LogP contribution in [0.2, 0.25) is 0 Å². The molecule has 0 spiro atoms. The van der Waals surface area contributed by atoms with Crippen LogP contribution in [0.25, 0.3) is 0 Å². The Labute approximate surface area is 109 Å². The fourth-order valence-electron chi connectivity index (χ4n) is 1.63. The molecule has 2 aromatic rings. The molecule has 0 saturated heterocycles. The van der Waals surface area contributed by atoms with Crippen molar-refractivity contribution < 1.29 is 9.18 Å². The Morgan fingerprint density at radius 3 is 2.84 bits per heavy atom. The molecular formula is C13H11FN4O. The number of nitriles is 1. The lowest BCUT2D eigenvalue weighted by Gasteiger charge is -2.06. The lowest BCUT2D eigenvalue weighted by molar-refractivity contribution is 0.102. The number of benzene rings is 1. The number of hydrogen-bond donors (Lipinski definition) is 1. The predicted octanol–water partition coefficient (Wildman–Crippen LogP) is 1.99. The highest BCUT2D eigenvalue weighted by Gasteiger charge is 2.14. The van der Waals surface area contributed by atoms with E-state index in [4.69, 9.17) is 5.26 Å². The molecule has 0 saturated carbocycles. The van der Waals surface area contributed by atoms with E-state index in [9.17, 15) is 9.18 Å². The average Bonchev–Trinajstić information content (AvgIpc) is 2.72. The fraction of sp³-hybridized carbons (Fsp3) is 0.154. The van der Waals surface area contributed by atoms with E-state index in [1.165, 1.54) is 18.3 Å². The standard InChI is InChI=1S/C13H11FN4O/c1-8-11(7-16-18(8)2)13(19)17-12-4-3-10(14)5-9(12)6-15/h3-5,7H,1-2H3,(H,17,19). The number of nitrogens with one attached hydrogen (secondary N) is 1. The van der Waals surface area contributed by atoms with Gasteiger partial charge in [0, 0.05) is 12.7 Å². The third kappa shape index (κ3) is 2.45. The Morgan fingerprint density at radius 2 is 2.26 bits per heavy atom. The number of aryl methyl sites for hydroxylation is 1. The van der Waals surface area contributed by atoms with Gasteiger partial charge in [-0.3, -0.25) is 9.48 Å². The summed E-state index contributed by atoms with van der Waals surface area (Å²) in [6.07, 6.45) is 1.44. The summed E-state index contributed by atoms with van der Waals surface area (Å²) in [6, 6.07) is 5.46. The van der Waals surface area contributed by atoms with Crippen molar-refractivity contribution in [2.45, 2.75) is 6.92 Å². The van der Waals surface area contributed by atoms with E-state index in [2.05, 4.69) is 10.4 Å². The molecule has 0 radical (unpaired) electrons. The van der Waals surface area contributed by atoms with Crippen LogP contribution in [0.4, 0.5) is 10.1 Å². The molecule has 1 amide bonds. The summed E-state index contributed by atoms with van der Waals surface area (Å²) in [5.41, 5.74) is 1.47. The fourth-order valence-corrected chi connectivity index (χ4v) is 1.63. The minimum absolute atomic E-state index is 0.0786. The minimum Gasteiger partial charge on any atom is -0.321 e.